The van der Waals surface area contributed by atoms with E-state index in [2.05, 4.69) is 5.10 Å². The Labute approximate surface area is 140 Å². The van der Waals surface area contributed by atoms with Crippen molar-refractivity contribution in [2.75, 3.05) is 6.54 Å². The van der Waals surface area contributed by atoms with Crippen LogP contribution in [-0.4, -0.2) is 32.9 Å². The molecule has 2 aromatic rings. The molecule has 0 spiro atoms. The van der Waals surface area contributed by atoms with E-state index in [9.17, 15) is 9.59 Å². The van der Waals surface area contributed by atoms with E-state index in [4.69, 9.17) is 4.42 Å². The molecular formula is C18H21N3O3. The lowest BCUT2D eigenvalue weighted by Crippen LogP contribution is -2.39. The maximum Gasteiger partial charge on any atom is 0.258 e. The van der Waals surface area contributed by atoms with E-state index in [0.717, 1.165) is 37.8 Å². The number of rotatable bonds is 2. The van der Waals surface area contributed by atoms with Gasteiger partial charge < -0.3 is 9.32 Å². The van der Waals surface area contributed by atoms with Gasteiger partial charge in [-0.2, -0.15) is 5.10 Å². The Morgan fingerprint density at radius 2 is 2.17 bits per heavy atom. The van der Waals surface area contributed by atoms with Crippen LogP contribution in [0.2, 0.25) is 0 Å². The summed E-state index contributed by atoms with van der Waals surface area (Å²) >= 11 is 0. The van der Waals surface area contributed by atoms with Gasteiger partial charge in [0.05, 0.1) is 22.9 Å². The van der Waals surface area contributed by atoms with Crippen molar-refractivity contribution < 1.29 is 14.0 Å². The minimum Gasteiger partial charge on any atom is -0.468 e. The van der Waals surface area contributed by atoms with Crippen LogP contribution >= 0.6 is 0 Å². The number of furan rings is 1. The molecule has 6 heteroatoms. The first kappa shape index (κ1) is 15.2. The fourth-order valence-corrected chi connectivity index (χ4v) is 3.93. The molecule has 1 atom stereocenters. The zero-order chi connectivity index (χ0) is 16.7. The number of fused-ring (bicyclic) bond motifs is 1. The minimum atomic E-state index is -0.0962. The molecule has 0 bridgehead atoms. The summed E-state index contributed by atoms with van der Waals surface area (Å²) < 4.78 is 7.36. The molecule has 1 saturated heterocycles. The number of nitrogens with zero attached hydrogens (tertiary/aromatic N) is 3. The highest BCUT2D eigenvalue weighted by Crippen LogP contribution is 2.34. The van der Waals surface area contributed by atoms with Crippen molar-refractivity contribution in [1.29, 1.82) is 0 Å². The van der Waals surface area contributed by atoms with Gasteiger partial charge in [-0.3, -0.25) is 14.3 Å². The normalized spacial score (nSPS) is 21.0. The largest absolute Gasteiger partial charge is 0.468 e. The summed E-state index contributed by atoms with van der Waals surface area (Å²) in [6.07, 6.45) is 8.25. The first-order valence-electron chi connectivity index (χ1n) is 8.59. The maximum absolute atomic E-state index is 13.2. The molecule has 1 unspecified atom stereocenters. The number of carbonyl (C=O) groups excluding carboxylic acids is 2. The van der Waals surface area contributed by atoms with E-state index < -0.39 is 0 Å². The summed E-state index contributed by atoms with van der Waals surface area (Å²) in [6.45, 7) is 0.697. The number of Topliss-reactive ketones (excluding diaryl/α,β-unsaturated/α-hetero) is 1. The van der Waals surface area contributed by atoms with Gasteiger partial charge in [0, 0.05) is 32.6 Å². The van der Waals surface area contributed by atoms with Gasteiger partial charge in [-0.1, -0.05) is 0 Å². The van der Waals surface area contributed by atoms with Crippen molar-refractivity contribution in [3.05, 3.63) is 41.1 Å². The van der Waals surface area contributed by atoms with Gasteiger partial charge in [-0.15, -0.1) is 0 Å². The standard InChI is InChI=1S/C18H21N3O3/c1-20-13(8-9-19-20)14-5-2-3-10-21(14)18(23)12-11-24-16-7-4-6-15(22)17(12)16/h8-9,11,14H,2-7,10H2,1H3. The number of hydrogen-bond acceptors (Lipinski definition) is 4. The Balaban J connectivity index is 1.69. The molecule has 2 aliphatic rings. The van der Waals surface area contributed by atoms with Crippen molar-refractivity contribution in [2.45, 2.75) is 44.6 Å². The summed E-state index contributed by atoms with van der Waals surface area (Å²) in [7, 11) is 1.90. The minimum absolute atomic E-state index is 0.00277. The third-order valence-corrected chi connectivity index (χ3v) is 5.15. The second-order valence-electron chi connectivity index (χ2n) is 6.61. The summed E-state index contributed by atoms with van der Waals surface area (Å²) in [4.78, 5) is 27.3. The van der Waals surface area contributed by atoms with Gasteiger partial charge in [0.2, 0.25) is 0 Å². The zero-order valence-corrected chi connectivity index (χ0v) is 13.8. The van der Waals surface area contributed by atoms with E-state index in [1.54, 1.807) is 6.20 Å². The molecule has 1 fully saturated rings. The lowest BCUT2D eigenvalue weighted by atomic mass is 9.92. The number of likely N-dealkylation sites (tertiary alicyclic amines) is 1. The predicted octanol–water partition coefficient (Wildman–Crippen LogP) is 2.90. The molecule has 3 heterocycles. The number of hydrogen-bond donors (Lipinski definition) is 0. The van der Waals surface area contributed by atoms with Crippen LogP contribution < -0.4 is 0 Å². The van der Waals surface area contributed by atoms with E-state index in [0.29, 0.717) is 29.9 Å². The number of ketones is 1. The molecular weight excluding hydrogens is 306 g/mol. The SMILES string of the molecule is Cn1nccc1C1CCCCN1C(=O)c1coc2c1C(=O)CCC2. The van der Waals surface area contributed by atoms with Crippen LogP contribution in [-0.2, 0) is 13.5 Å². The van der Waals surface area contributed by atoms with Crippen molar-refractivity contribution in [1.82, 2.24) is 14.7 Å². The Morgan fingerprint density at radius 1 is 1.29 bits per heavy atom. The van der Waals surface area contributed by atoms with Crippen LogP contribution in [0.4, 0.5) is 0 Å². The van der Waals surface area contributed by atoms with Gasteiger partial charge >= 0.3 is 0 Å². The molecule has 1 aliphatic carbocycles. The van der Waals surface area contributed by atoms with Crippen LogP contribution in [0, 0.1) is 0 Å². The Morgan fingerprint density at radius 3 is 2.96 bits per heavy atom. The van der Waals surface area contributed by atoms with E-state index >= 15 is 0 Å². The molecule has 0 saturated carbocycles. The molecule has 1 amide bonds. The summed E-state index contributed by atoms with van der Waals surface area (Å²) in [5.74, 6) is 0.604. The van der Waals surface area contributed by atoms with Gasteiger partial charge in [0.15, 0.2) is 5.78 Å². The van der Waals surface area contributed by atoms with Crippen LogP contribution in [0.1, 0.15) is 70.3 Å². The Bertz CT molecular complexity index is 789. The van der Waals surface area contributed by atoms with Crippen LogP contribution in [0.5, 0.6) is 0 Å². The molecule has 2 aromatic heterocycles. The van der Waals surface area contributed by atoms with Crippen molar-refractivity contribution in [3.63, 3.8) is 0 Å². The van der Waals surface area contributed by atoms with Crippen molar-refractivity contribution in [3.8, 4) is 0 Å². The van der Waals surface area contributed by atoms with Crippen LogP contribution in [0.15, 0.2) is 22.9 Å². The summed E-state index contributed by atoms with van der Waals surface area (Å²) in [6, 6.07) is 1.97. The quantitative estimate of drug-likeness (QED) is 0.850. The fraction of sp³-hybridized carbons (Fsp3) is 0.500. The Hall–Kier alpha value is -2.37. The fourth-order valence-electron chi connectivity index (χ4n) is 3.93. The smallest absolute Gasteiger partial charge is 0.258 e. The molecule has 24 heavy (non-hydrogen) atoms. The predicted molar refractivity (Wildman–Crippen MR) is 86.8 cm³/mol. The molecule has 4 rings (SSSR count). The third kappa shape index (κ3) is 2.37. The van der Waals surface area contributed by atoms with E-state index in [1.807, 2.05) is 22.7 Å². The van der Waals surface area contributed by atoms with Crippen molar-refractivity contribution in [2.24, 2.45) is 7.05 Å². The first-order chi connectivity index (χ1) is 11.7. The number of carbonyl (C=O) groups is 2. The highest BCUT2D eigenvalue weighted by molar-refractivity contribution is 6.09. The van der Waals surface area contributed by atoms with Crippen LogP contribution in [0.3, 0.4) is 0 Å². The summed E-state index contributed by atoms with van der Waals surface area (Å²) in [5.41, 5.74) is 1.98. The summed E-state index contributed by atoms with van der Waals surface area (Å²) in [5, 5.41) is 4.24. The molecule has 0 N–H and O–H groups in total. The lowest BCUT2D eigenvalue weighted by Gasteiger charge is -2.35. The lowest BCUT2D eigenvalue weighted by molar-refractivity contribution is 0.0597. The molecule has 126 valence electrons. The molecule has 0 radical (unpaired) electrons. The van der Waals surface area contributed by atoms with Crippen molar-refractivity contribution >= 4 is 11.7 Å². The number of amides is 1. The second kappa shape index (κ2) is 5.92. The number of piperidine rings is 1. The highest BCUT2D eigenvalue weighted by Gasteiger charge is 2.35. The van der Waals surface area contributed by atoms with E-state index in [1.165, 1.54) is 6.26 Å². The van der Waals surface area contributed by atoms with Gasteiger partial charge in [-0.25, -0.2) is 0 Å². The average Bonchev–Trinajstić information content (AvgIpc) is 3.21. The topological polar surface area (TPSA) is 68.3 Å². The van der Waals surface area contributed by atoms with Gasteiger partial charge in [-0.05, 0) is 31.7 Å². The van der Waals surface area contributed by atoms with Gasteiger partial charge in [0.1, 0.15) is 12.0 Å². The van der Waals surface area contributed by atoms with E-state index in [-0.39, 0.29) is 17.7 Å². The number of aromatic nitrogens is 2. The molecule has 0 aromatic carbocycles. The molecule has 6 nitrogen and oxygen atoms in total. The average molecular weight is 327 g/mol. The maximum atomic E-state index is 13.2. The highest BCUT2D eigenvalue weighted by atomic mass is 16.3. The van der Waals surface area contributed by atoms with Gasteiger partial charge in [0.25, 0.3) is 5.91 Å². The van der Waals surface area contributed by atoms with Crippen LogP contribution in [0.25, 0.3) is 0 Å². The Kier molecular flexibility index (Phi) is 3.75. The zero-order valence-electron chi connectivity index (χ0n) is 13.8. The number of aryl methyl sites for hydroxylation is 2. The third-order valence-electron chi connectivity index (χ3n) is 5.15. The first-order valence-corrected chi connectivity index (χ1v) is 8.59. The molecule has 1 aliphatic heterocycles. The second-order valence-corrected chi connectivity index (χ2v) is 6.61. The monoisotopic (exact) mass is 327 g/mol.